The molecule has 0 spiro atoms. The summed E-state index contributed by atoms with van der Waals surface area (Å²) in [7, 11) is -3.75. The fraction of sp³-hybridized carbons (Fsp3) is 0.316. The molecule has 0 aromatic heterocycles. The Kier molecular flexibility index (Phi) is 7.72. The molecule has 8 heteroatoms. The molecule has 27 heavy (non-hydrogen) atoms. The Hall–Kier alpha value is -2.48. The van der Waals surface area contributed by atoms with Crippen molar-refractivity contribution < 1.29 is 17.2 Å². The highest BCUT2D eigenvalue weighted by Crippen LogP contribution is 2.15. The molecule has 0 aliphatic carbocycles. The highest BCUT2D eigenvalue weighted by molar-refractivity contribution is 7.91. The lowest BCUT2D eigenvalue weighted by molar-refractivity contribution is 0.567. The van der Waals surface area contributed by atoms with Crippen LogP contribution in [-0.2, 0) is 16.3 Å². The van der Waals surface area contributed by atoms with Gasteiger partial charge >= 0.3 is 0 Å². The summed E-state index contributed by atoms with van der Waals surface area (Å²) < 4.78 is 51.3. The Morgan fingerprint density at radius 3 is 2.56 bits per heavy atom. The average Bonchev–Trinajstić information content (AvgIpc) is 2.62. The number of aliphatic imine (C=N–C) groups is 1. The molecule has 2 rings (SSSR count). The lowest BCUT2D eigenvalue weighted by Gasteiger charge is -2.11. The highest BCUT2D eigenvalue weighted by atomic mass is 32.2. The molecular formula is C19H23F2N3O2S. The van der Waals surface area contributed by atoms with Gasteiger partial charge in [0.25, 0.3) is 0 Å². The Labute approximate surface area is 158 Å². The normalized spacial score (nSPS) is 12.0. The van der Waals surface area contributed by atoms with Crippen molar-refractivity contribution in [3.8, 4) is 0 Å². The van der Waals surface area contributed by atoms with Crippen LogP contribution in [0.4, 0.5) is 8.78 Å². The van der Waals surface area contributed by atoms with Crippen LogP contribution in [0.2, 0.25) is 0 Å². The molecule has 0 unspecified atom stereocenters. The van der Waals surface area contributed by atoms with Crippen molar-refractivity contribution in [2.75, 3.05) is 25.4 Å². The van der Waals surface area contributed by atoms with Gasteiger partial charge in [-0.2, -0.15) is 0 Å². The first-order valence-electron chi connectivity index (χ1n) is 8.66. The van der Waals surface area contributed by atoms with Gasteiger partial charge in [0, 0.05) is 13.1 Å². The first-order valence-corrected chi connectivity index (χ1v) is 10.3. The molecule has 0 bridgehead atoms. The zero-order valence-electron chi connectivity index (χ0n) is 15.1. The molecule has 0 aliphatic heterocycles. The SMILES string of the molecule is CCNC(=NCCS(=O)(=O)c1ccccc1F)NCCc1cccc(F)c1. The van der Waals surface area contributed by atoms with E-state index in [1.807, 2.05) is 13.0 Å². The van der Waals surface area contributed by atoms with E-state index in [1.54, 1.807) is 6.07 Å². The molecule has 2 aromatic carbocycles. The van der Waals surface area contributed by atoms with E-state index < -0.39 is 15.7 Å². The zero-order valence-corrected chi connectivity index (χ0v) is 15.9. The van der Waals surface area contributed by atoms with Gasteiger partial charge in [0.15, 0.2) is 15.8 Å². The fourth-order valence-electron chi connectivity index (χ4n) is 2.44. The minimum absolute atomic E-state index is 0.00797. The lowest BCUT2D eigenvalue weighted by atomic mass is 10.1. The predicted molar refractivity (Wildman–Crippen MR) is 103 cm³/mol. The topological polar surface area (TPSA) is 70.6 Å². The molecule has 0 saturated carbocycles. The van der Waals surface area contributed by atoms with E-state index in [9.17, 15) is 17.2 Å². The maximum absolute atomic E-state index is 13.7. The Balaban J connectivity index is 1.92. The number of hydrogen-bond acceptors (Lipinski definition) is 3. The molecule has 0 amide bonds. The summed E-state index contributed by atoms with van der Waals surface area (Å²) in [5.41, 5.74) is 0.848. The van der Waals surface area contributed by atoms with E-state index in [2.05, 4.69) is 15.6 Å². The summed E-state index contributed by atoms with van der Waals surface area (Å²) in [5.74, 6) is -0.889. The van der Waals surface area contributed by atoms with Gasteiger partial charge in [-0.25, -0.2) is 17.2 Å². The van der Waals surface area contributed by atoms with E-state index in [1.165, 1.54) is 30.3 Å². The molecule has 0 heterocycles. The molecule has 2 N–H and O–H groups in total. The van der Waals surface area contributed by atoms with Crippen molar-refractivity contribution in [2.24, 2.45) is 4.99 Å². The van der Waals surface area contributed by atoms with Crippen LogP contribution in [0.15, 0.2) is 58.4 Å². The van der Waals surface area contributed by atoms with Crippen molar-refractivity contribution in [3.63, 3.8) is 0 Å². The van der Waals surface area contributed by atoms with Crippen LogP contribution < -0.4 is 10.6 Å². The summed E-state index contributed by atoms with van der Waals surface area (Å²) in [6.07, 6.45) is 0.593. The van der Waals surface area contributed by atoms with E-state index in [0.717, 1.165) is 11.6 Å². The standard InChI is InChI=1S/C19H23F2N3O2S/c1-2-22-19(23-11-10-15-6-5-7-16(20)14-15)24-12-13-27(25,26)18-9-4-3-8-17(18)21/h3-9,14H,2,10-13H2,1H3,(H2,22,23,24). The van der Waals surface area contributed by atoms with Gasteiger partial charge in [0.05, 0.1) is 12.3 Å². The third-order valence-electron chi connectivity index (χ3n) is 3.74. The Bertz CT molecular complexity index is 886. The third kappa shape index (κ3) is 6.63. The summed E-state index contributed by atoms with van der Waals surface area (Å²) in [4.78, 5) is 3.91. The number of nitrogens with one attached hydrogen (secondary N) is 2. The van der Waals surface area contributed by atoms with Gasteiger partial charge in [0.1, 0.15) is 16.5 Å². The molecule has 5 nitrogen and oxygen atoms in total. The molecule has 0 fully saturated rings. The highest BCUT2D eigenvalue weighted by Gasteiger charge is 2.18. The quantitative estimate of drug-likeness (QED) is 0.532. The third-order valence-corrected chi connectivity index (χ3v) is 5.46. The second-order valence-electron chi connectivity index (χ2n) is 5.82. The molecule has 0 saturated heterocycles. The van der Waals surface area contributed by atoms with Crippen LogP contribution in [0.5, 0.6) is 0 Å². The molecular weight excluding hydrogens is 372 g/mol. The molecule has 0 radical (unpaired) electrons. The van der Waals surface area contributed by atoms with Crippen molar-refractivity contribution in [2.45, 2.75) is 18.2 Å². The number of guanidine groups is 1. The summed E-state index contributed by atoms with van der Waals surface area (Å²) in [6, 6.07) is 11.6. The minimum atomic E-state index is -3.75. The van der Waals surface area contributed by atoms with Gasteiger partial charge in [-0.15, -0.1) is 0 Å². The molecule has 0 aliphatic rings. The lowest BCUT2D eigenvalue weighted by Crippen LogP contribution is -2.38. The van der Waals surface area contributed by atoms with Crippen LogP contribution >= 0.6 is 0 Å². The smallest absolute Gasteiger partial charge is 0.191 e. The second-order valence-corrected chi connectivity index (χ2v) is 7.89. The summed E-state index contributed by atoms with van der Waals surface area (Å²) >= 11 is 0. The molecule has 0 atom stereocenters. The summed E-state index contributed by atoms with van der Waals surface area (Å²) in [5, 5.41) is 6.09. The van der Waals surface area contributed by atoms with E-state index in [4.69, 9.17) is 0 Å². The number of benzene rings is 2. The monoisotopic (exact) mass is 395 g/mol. The number of sulfone groups is 1. The zero-order chi connectivity index (χ0) is 19.7. The van der Waals surface area contributed by atoms with Crippen molar-refractivity contribution in [3.05, 3.63) is 65.7 Å². The number of rotatable bonds is 8. The number of nitrogens with zero attached hydrogens (tertiary/aromatic N) is 1. The number of hydrogen-bond donors (Lipinski definition) is 2. The van der Waals surface area contributed by atoms with Crippen LogP contribution in [0.3, 0.4) is 0 Å². The summed E-state index contributed by atoms with van der Waals surface area (Å²) in [6.45, 7) is 2.99. The van der Waals surface area contributed by atoms with Crippen molar-refractivity contribution in [1.82, 2.24) is 10.6 Å². The first kappa shape index (κ1) is 20.8. The van der Waals surface area contributed by atoms with Gasteiger partial charge in [-0.05, 0) is 43.2 Å². The van der Waals surface area contributed by atoms with Gasteiger partial charge in [-0.1, -0.05) is 24.3 Å². The first-order chi connectivity index (χ1) is 12.9. The van der Waals surface area contributed by atoms with E-state index in [0.29, 0.717) is 25.5 Å². The van der Waals surface area contributed by atoms with E-state index >= 15 is 0 Å². The van der Waals surface area contributed by atoms with Crippen LogP contribution in [0, 0.1) is 11.6 Å². The maximum atomic E-state index is 13.7. The van der Waals surface area contributed by atoms with Crippen molar-refractivity contribution in [1.29, 1.82) is 0 Å². The fourth-order valence-corrected chi connectivity index (χ4v) is 3.65. The minimum Gasteiger partial charge on any atom is -0.357 e. The van der Waals surface area contributed by atoms with Crippen LogP contribution in [-0.4, -0.2) is 39.8 Å². The Morgan fingerprint density at radius 1 is 1.07 bits per heavy atom. The Morgan fingerprint density at radius 2 is 1.85 bits per heavy atom. The number of halogens is 2. The largest absolute Gasteiger partial charge is 0.357 e. The van der Waals surface area contributed by atoms with Crippen LogP contribution in [0.25, 0.3) is 0 Å². The molecule has 2 aromatic rings. The van der Waals surface area contributed by atoms with Gasteiger partial charge in [-0.3, -0.25) is 4.99 Å². The second kappa shape index (κ2) is 10.0. The van der Waals surface area contributed by atoms with Gasteiger partial charge in [0.2, 0.25) is 0 Å². The average molecular weight is 395 g/mol. The predicted octanol–water partition coefficient (Wildman–Crippen LogP) is 2.54. The van der Waals surface area contributed by atoms with E-state index in [-0.39, 0.29) is 23.0 Å². The van der Waals surface area contributed by atoms with Crippen molar-refractivity contribution >= 4 is 15.8 Å². The molecule has 146 valence electrons. The maximum Gasteiger partial charge on any atom is 0.191 e. The van der Waals surface area contributed by atoms with Gasteiger partial charge < -0.3 is 10.6 Å². The van der Waals surface area contributed by atoms with Crippen LogP contribution in [0.1, 0.15) is 12.5 Å².